The van der Waals surface area contributed by atoms with Crippen molar-refractivity contribution < 1.29 is 9.47 Å². The van der Waals surface area contributed by atoms with Gasteiger partial charge in [0.1, 0.15) is 0 Å². The third-order valence-electron chi connectivity index (χ3n) is 5.20. The van der Waals surface area contributed by atoms with Crippen LogP contribution in [0.25, 0.3) is 0 Å². The van der Waals surface area contributed by atoms with E-state index in [1.165, 1.54) is 32.2 Å². The van der Waals surface area contributed by atoms with Gasteiger partial charge in [-0.1, -0.05) is 6.92 Å². The van der Waals surface area contributed by atoms with Gasteiger partial charge >= 0.3 is 0 Å². The topological polar surface area (TPSA) is 30.5 Å². The van der Waals surface area contributed by atoms with E-state index in [0.29, 0.717) is 0 Å². The molecule has 0 saturated carbocycles. The van der Waals surface area contributed by atoms with E-state index >= 15 is 0 Å². The zero-order valence-electron chi connectivity index (χ0n) is 11.6. The van der Waals surface area contributed by atoms with Crippen LogP contribution in [0.1, 0.15) is 45.4 Å². The second kappa shape index (κ2) is 5.48. The number of hydrogen-bond acceptors (Lipinski definition) is 3. The molecule has 18 heavy (non-hydrogen) atoms. The molecule has 1 N–H and O–H groups in total. The Morgan fingerprint density at radius 2 is 1.94 bits per heavy atom. The zero-order chi connectivity index (χ0) is 12.4. The van der Waals surface area contributed by atoms with Crippen LogP contribution in [0, 0.1) is 11.8 Å². The molecule has 3 aliphatic heterocycles. The molecule has 0 aromatic carbocycles. The molecule has 3 saturated heterocycles. The van der Waals surface area contributed by atoms with Gasteiger partial charge in [-0.15, -0.1) is 0 Å². The maximum atomic E-state index is 6.15. The SMILES string of the molecule is CC1CCNC(C2CCOC3(CCOCC3)C2)C1. The molecule has 3 heteroatoms. The molecule has 0 aromatic rings. The van der Waals surface area contributed by atoms with Crippen LogP contribution in [0.3, 0.4) is 0 Å². The maximum Gasteiger partial charge on any atom is 0.0729 e. The minimum absolute atomic E-state index is 0.156. The third-order valence-corrected chi connectivity index (χ3v) is 5.20. The van der Waals surface area contributed by atoms with Gasteiger partial charge in [-0.05, 0) is 56.9 Å². The highest BCUT2D eigenvalue weighted by atomic mass is 16.5. The molecule has 3 unspecified atom stereocenters. The van der Waals surface area contributed by atoms with E-state index in [1.54, 1.807) is 0 Å². The van der Waals surface area contributed by atoms with Crippen molar-refractivity contribution in [2.24, 2.45) is 11.8 Å². The van der Waals surface area contributed by atoms with Gasteiger partial charge in [-0.25, -0.2) is 0 Å². The lowest BCUT2D eigenvalue weighted by Gasteiger charge is -2.46. The standard InChI is InChI=1S/C15H27NO2/c1-12-2-6-16-14(10-12)13-3-7-18-15(11-13)4-8-17-9-5-15/h12-14,16H,2-11H2,1H3. The molecule has 0 aliphatic carbocycles. The Morgan fingerprint density at radius 1 is 1.11 bits per heavy atom. The first kappa shape index (κ1) is 12.9. The first-order chi connectivity index (χ1) is 8.77. The second-order valence-corrected chi connectivity index (χ2v) is 6.59. The van der Waals surface area contributed by atoms with Crippen molar-refractivity contribution in [3.05, 3.63) is 0 Å². The highest BCUT2D eigenvalue weighted by Gasteiger charge is 2.41. The van der Waals surface area contributed by atoms with E-state index in [9.17, 15) is 0 Å². The van der Waals surface area contributed by atoms with Crippen LogP contribution in [0.5, 0.6) is 0 Å². The molecule has 3 rings (SSSR count). The molecular formula is C15H27NO2. The zero-order valence-corrected chi connectivity index (χ0v) is 11.6. The van der Waals surface area contributed by atoms with Crippen LogP contribution >= 0.6 is 0 Å². The van der Waals surface area contributed by atoms with Gasteiger partial charge in [0.25, 0.3) is 0 Å². The second-order valence-electron chi connectivity index (χ2n) is 6.59. The fourth-order valence-electron chi connectivity index (χ4n) is 4.01. The summed E-state index contributed by atoms with van der Waals surface area (Å²) in [6, 6.07) is 0.734. The van der Waals surface area contributed by atoms with E-state index in [4.69, 9.17) is 9.47 Å². The Kier molecular flexibility index (Phi) is 3.92. The molecule has 3 nitrogen and oxygen atoms in total. The van der Waals surface area contributed by atoms with Crippen molar-refractivity contribution in [2.45, 2.75) is 57.1 Å². The van der Waals surface area contributed by atoms with E-state index in [-0.39, 0.29) is 5.60 Å². The number of hydrogen-bond donors (Lipinski definition) is 1. The Bertz CT molecular complexity index is 270. The first-order valence-corrected chi connectivity index (χ1v) is 7.72. The predicted octanol–water partition coefficient (Wildman–Crippen LogP) is 2.35. The van der Waals surface area contributed by atoms with Crippen molar-refractivity contribution in [2.75, 3.05) is 26.4 Å². The fraction of sp³-hybridized carbons (Fsp3) is 1.00. The van der Waals surface area contributed by atoms with Crippen LogP contribution in [0.4, 0.5) is 0 Å². The predicted molar refractivity (Wildman–Crippen MR) is 71.6 cm³/mol. The number of piperidine rings is 1. The quantitative estimate of drug-likeness (QED) is 0.778. The number of rotatable bonds is 1. The summed E-state index contributed by atoms with van der Waals surface area (Å²) in [5.41, 5.74) is 0.156. The maximum absolute atomic E-state index is 6.15. The van der Waals surface area contributed by atoms with Crippen molar-refractivity contribution >= 4 is 0 Å². The van der Waals surface area contributed by atoms with Gasteiger partial charge in [0.05, 0.1) is 5.60 Å². The normalized spacial score (nSPS) is 40.8. The Hall–Kier alpha value is -0.120. The number of ether oxygens (including phenoxy) is 2. The summed E-state index contributed by atoms with van der Waals surface area (Å²) in [7, 11) is 0. The summed E-state index contributed by atoms with van der Waals surface area (Å²) in [4.78, 5) is 0. The lowest BCUT2D eigenvalue weighted by Crippen LogP contribution is -2.51. The molecule has 104 valence electrons. The lowest BCUT2D eigenvalue weighted by molar-refractivity contribution is -0.151. The van der Waals surface area contributed by atoms with E-state index in [0.717, 1.165) is 50.5 Å². The van der Waals surface area contributed by atoms with Gasteiger partial charge < -0.3 is 14.8 Å². The van der Waals surface area contributed by atoms with Crippen molar-refractivity contribution in [3.63, 3.8) is 0 Å². The fourth-order valence-corrected chi connectivity index (χ4v) is 4.01. The average Bonchev–Trinajstić information content (AvgIpc) is 2.40. The minimum Gasteiger partial charge on any atom is -0.381 e. The smallest absolute Gasteiger partial charge is 0.0729 e. The third kappa shape index (κ3) is 2.73. The average molecular weight is 253 g/mol. The van der Waals surface area contributed by atoms with Gasteiger partial charge in [-0.3, -0.25) is 0 Å². The van der Waals surface area contributed by atoms with Crippen molar-refractivity contribution in [3.8, 4) is 0 Å². The van der Waals surface area contributed by atoms with Gasteiger partial charge in [0.2, 0.25) is 0 Å². The summed E-state index contributed by atoms with van der Waals surface area (Å²) in [5, 5.41) is 3.75. The summed E-state index contributed by atoms with van der Waals surface area (Å²) in [5.74, 6) is 1.71. The van der Waals surface area contributed by atoms with Crippen LogP contribution in [0.15, 0.2) is 0 Å². The molecule has 3 fully saturated rings. The van der Waals surface area contributed by atoms with Crippen LogP contribution < -0.4 is 5.32 Å². The summed E-state index contributed by atoms with van der Waals surface area (Å²) in [6.07, 6.45) is 7.40. The number of nitrogens with one attached hydrogen (secondary N) is 1. The van der Waals surface area contributed by atoms with E-state index in [2.05, 4.69) is 12.2 Å². The Labute approximate surface area is 111 Å². The molecule has 0 bridgehead atoms. The largest absolute Gasteiger partial charge is 0.381 e. The van der Waals surface area contributed by atoms with Crippen LogP contribution in [0.2, 0.25) is 0 Å². The molecule has 1 spiro atoms. The molecule has 3 aliphatic rings. The molecule has 3 heterocycles. The van der Waals surface area contributed by atoms with Crippen molar-refractivity contribution in [1.82, 2.24) is 5.32 Å². The highest BCUT2D eigenvalue weighted by Crippen LogP contribution is 2.39. The van der Waals surface area contributed by atoms with Gasteiger partial charge in [-0.2, -0.15) is 0 Å². The molecule has 3 atom stereocenters. The molecule has 0 radical (unpaired) electrons. The van der Waals surface area contributed by atoms with Crippen molar-refractivity contribution in [1.29, 1.82) is 0 Å². The highest BCUT2D eigenvalue weighted by molar-refractivity contribution is 4.94. The Balaban J connectivity index is 1.62. The van der Waals surface area contributed by atoms with Gasteiger partial charge in [0.15, 0.2) is 0 Å². The van der Waals surface area contributed by atoms with E-state index < -0.39 is 0 Å². The summed E-state index contributed by atoms with van der Waals surface area (Å²) >= 11 is 0. The van der Waals surface area contributed by atoms with Gasteiger partial charge in [0, 0.05) is 25.9 Å². The van der Waals surface area contributed by atoms with Crippen LogP contribution in [-0.2, 0) is 9.47 Å². The first-order valence-electron chi connectivity index (χ1n) is 7.72. The molecule has 0 amide bonds. The minimum atomic E-state index is 0.156. The van der Waals surface area contributed by atoms with Crippen LogP contribution in [-0.4, -0.2) is 38.0 Å². The summed E-state index contributed by atoms with van der Waals surface area (Å²) in [6.45, 7) is 6.34. The monoisotopic (exact) mass is 253 g/mol. The molecule has 0 aromatic heterocycles. The lowest BCUT2D eigenvalue weighted by atomic mass is 9.75. The summed E-state index contributed by atoms with van der Waals surface area (Å²) < 4.78 is 11.6. The Morgan fingerprint density at radius 3 is 2.72 bits per heavy atom. The molecular weight excluding hydrogens is 226 g/mol. The van der Waals surface area contributed by atoms with E-state index in [1.807, 2.05) is 0 Å².